The van der Waals surface area contributed by atoms with Crippen molar-refractivity contribution in [2.75, 3.05) is 36.4 Å². The number of nitrogens with zero attached hydrogens (tertiary/aromatic N) is 2. The van der Waals surface area contributed by atoms with Gasteiger partial charge in [-0.3, -0.25) is 14.4 Å². The van der Waals surface area contributed by atoms with E-state index in [1.54, 1.807) is 12.1 Å². The van der Waals surface area contributed by atoms with Gasteiger partial charge in [0.1, 0.15) is 5.82 Å². The van der Waals surface area contributed by atoms with Crippen molar-refractivity contribution in [1.29, 1.82) is 0 Å². The summed E-state index contributed by atoms with van der Waals surface area (Å²) in [6, 6.07) is 11.0. The van der Waals surface area contributed by atoms with Crippen molar-refractivity contribution in [2.45, 2.75) is 69.9 Å². The fourth-order valence-corrected chi connectivity index (χ4v) is 6.16. The van der Waals surface area contributed by atoms with E-state index in [0.29, 0.717) is 43.0 Å². The molecule has 40 heavy (non-hydrogen) atoms. The molecule has 0 atom stereocenters. The van der Waals surface area contributed by atoms with Gasteiger partial charge in [-0.1, -0.05) is 19.3 Å². The lowest BCUT2D eigenvalue weighted by atomic mass is 9.88. The molecular weight excluding hydrogens is 509 g/mol. The lowest BCUT2D eigenvalue weighted by molar-refractivity contribution is -0.136. The van der Waals surface area contributed by atoms with Gasteiger partial charge in [0.05, 0.1) is 11.4 Å². The summed E-state index contributed by atoms with van der Waals surface area (Å²) in [5.41, 5.74) is 8.10. The maximum Gasteiger partial charge on any atom is 0.255 e. The van der Waals surface area contributed by atoms with Gasteiger partial charge < -0.3 is 26.2 Å². The minimum atomic E-state index is -0.416. The van der Waals surface area contributed by atoms with Gasteiger partial charge in [0.25, 0.3) is 11.8 Å². The number of benzene rings is 2. The topological polar surface area (TPSA) is 108 Å². The van der Waals surface area contributed by atoms with Gasteiger partial charge in [-0.05, 0) is 81.0 Å². The van der Waals surface area contributed by atoms with Crippen molar-refractivity contribution in [3.63, 3.8) is 0 Å². The highest BCUT2D eigenvalue weighted by atomic mass is 19.1. The van der Waals surface area contributed by atoms with Crippen LogP contribution in [0.5, 0.6) is 0 Å². The van der Waals surface area contributed by atoms with Gasteiger partial charge in [0.2, 0.25) is 5.91 Å². The molecule has 3 aliphatic rings. The molecule has 0 bridgehead atoms. The Balaban J connectivity index is 1.31. The monoisotopic (exact) mass is 549 g/mol. The number of amides is 3. The molecular formula is C31H40FN5O3. The second-order valence-corrected chi connectivity index (χ2v) is 11.4. The highest BCUT2D eigenvalue weighted by Gasteiger charge is 2.29. The van der Waals surface area contributed by atoms with Crippen molar-refractivity contribution >= 4 is 29.1 Å². The van der Waals surface area contributed by atoms with Crippen molar-refractivity contribution in [3.8, 4) is 0 Å². The lowest BCUT2D eigenvalue weighted by Gasteiger charge is -2.39. The first kappa shape index (κ1) is 28.1. The Morgan fingerprint density at radius 1 is 0.775 bits per heavy atom. The number of rotatable bonds is 6. The van der Waals surface area contributed by atoms with Crippen LogP contribution in [-0.2, 0) is 4.79 Å². The Morgan fingerprint density at radius 3 is 2.10 bits per heavy atom. The lowest BCUT2D eigenvalue weighted by Crippen LogP contribution is -2.50. The zero-order valence-electron chi connectivity index (χ0n) is 23.0. The largest absolute Gasteiger partial charge is 0.366 e. The van der Waals surface area contributed by atoms with Gasteiger partial charge in [-0.2, -0.15) is 0 Å². The number of hydrogen-bond donors (Lipinski definition) is 3. The van der Waals surface area contributed by atoms with Crippen molar-refractivity contribution < 1.29 is 18.8 Å². The SMILES string of the molecule is NC1CCC(NC(=O)c2ccc(N3CCN(C(=O)C4CCCCC4)CC3)c(NC(=O)c3ccc(F)cc3)c2)CC1. The van der Waals surface area contributed by atoms with Crippen molar-refractivity contribution in [1.82, 2.24) is 10.2 Å². The van der Waals surface area contributed by atoms with Gasteiger partial charge in [-0.15, -0.1) is 0 Å². The number of carbonyl (C=O) groups is 3. The summed E-state index contributed by atoms with van der Waals surface area (Å²) in [5, 5.41) is 6.07. The minimum absolute atomic E-state index is 0.0824. The molecule has 9 heteroatoms. The fourth-order valence-electron chi connectivity index (χ4n) is 6.16. The summed E-state index contributed by atoms with van der Waals surface area (Å²) >= 11 is 0. The number of piperazine rings is 1. The quantitative estimate of drug-likeness (QED) is 0.498. The molecule has 2 aliphatic carbocycles. The molecule has 0 radical (unpaired) electrons. The van der Waals surface area contributed by atoms with E-state index in [1.807, 2.05) is 11.0 Å². The Morgan fingerprint density at radius 2 is 1.43 bits per heavy atom. The number of halogens is 1. The molecule has 1 saturated heterocycles. The van der Waals surface area contributed by atoms with Gasteiger partial charge in [0.15, 0.2) is 0 Å². The van der Waals surface area contributed by atoms with Crippen LogP contribution in [0.15, 0.2) is 42.5 Å². The summed E-state index contributed by atoms with van der Waals surface area (Å²) in [6.45, 7) is 2.50. The average Bonchev–Trinajstić information content (AvgIpc) is 2.99. The van der Waals surface area contributed by atoms with E-state index in [9.17, 15) is 18.8 Å². The third-order valence-corrected chi connectivity index (χ3v) is 8.61. The molecule has 2 aromatic carbocycles. The first-order chi connectivity index (χ1) is 19.4. The summed E-state index contributed by atoms with van der Waals surface area (Å²) in [7, 11) is 0. The molecule has 3 fully saturated rings. The third kappa shape index (κ3) is 6.81. The van der Waals surface area contributed by atoms with Crippen molar-refractivity contribution in [3.05, 3.63) is 59.4 Å². The molecule has 2 aromatic rings. The summed E-state index contributed by atoms with van der Waals surface area (Å²) in [4.78, 5) is 43.4. The number of nitrogens with one attached hydrogen (secondary N) is 2. The second kappa shape index (κ2) is 12.8. The molecule has 3 amide bonds. The summed E-state index contributed by atoms with van der Waals surface area (Å²) < 4.78 is 13.4. The zero-order valence-corrected chi connectivity index (χ0v) is 23.0. The van der Waals surface area contributed by atoms with Crippen molar-refractivity contribution in [2.24, 2.45) is 11.7 Å². The number of carbonyl (C=O) groups excluding carboxylic acids is 3. The van der Waals surface area contributed by atoms with E-state index < -0.39 is 5.82 Å². The average molecular weight is 550 g/mol. The molecule has 0 aromatic heterocycles. The molecule has 4 N–H and O–H groups in total. The van der Waals surface area contributed by atoms with E-state index in [1.165, 1.54) is 30.7 Å². The Bertz CT molecular complexity index is 1200. The minimum Gasteiger partial charge on any atom is -0.366 e. The Hall–Kier alpha value is -3.46. The smallest absolute Gasteiger partial charge is 0.255 e. The van der Waals surface area contributed by atoms with Crippen LogP contribution in [0.3, 0.4) is 0 Å². The van der Waals surface area contributed by atoms with E-state index >= 15 is 0 Å². The first-order valence-electron chi connectivity index (χ1n) is 14.7. The molecule has 1 aliphatic heterocycles. The maximum atomic E-state index is 13.4. The van der Waals surface area contributed by atoms with E-state index in [2.05, 4.69) is 15.5 Å². The Kier molecular flexibility index (Phi) is 8.99. The van der Waals surface area contributed by atoms with E-state index in [-0.39, 0.29) is 35.7 Å². The number of hydrogen-bond acceptors (Lipinski definition) is 5. The van der Waals surface area contributed by atoms with Crippen LogP contribution >= 0.6 is 0 Å². The van der Waals surface area contributed by atoms with Gasteiger partial charge in [-0.25, -0.2) is 4.39 Å². The highest BCUT2D eigenvalue weighted by Crippen LogP contribution is 2.31. The van der Waals surface area contributed by atoms with Crippen LogP contribution in [0.2, 0.25) is 0 Å². The number of anilines is 2. The van der Waals surface area contributed by atoms with Crippen LogP contribution in [-0.4, -0.2) is 60.9 Å². The molecule has 5 rings (SSSR count). The van der Waals surface area contributed by atoms with Crippen LogP contribution in [0.4, 0.5) is 15.8 Å². The van der Waals surface area contributed by atoms with Gasteiger partial charge >= 0.3 is 0 Å². The molecule has 2 saturated carbocycles. The molecule has 1 heterocycles. The summed E-state index contributed by atoms with van der Waals surface area (Å²) in [6.07, 6.45) is 8.91. The number of nitrogens with two attached hydrogens (primary N) is 1. The molecule has 8 nitrogen and oxygen atoms in total. The predicted molar refractivity (Wildman–Crippen MR) is 154 cm³/mol. The van der Waals surface area contributed by atoms with Crippen LogP contribution in [0.25, 0.3) is 0 Å². The van der Waals surface area contributed by atoms with Crippen LogP contribution < -0.4 is 21.3 Å². The normalized spacial score (nSPS) is 22.1. The second-order valence-electron chi connectivity index (χ2n) is 11.4. The van der Waals surface area contributed by atoms with Gasteiger partial charge in [0, 0.05) is 55.3 Å². The fraction of sp³-hybridized carbons (Fsp3) is 0.516. The third-order valence-electron chi connectivity index (χ3n) is 8.61. The molecule has 0 spiro atoms. The predicted octanol–water partition coefficient (Wildman–Crippen LogP) is 4.31. The molecule has 0 unspecified atom stereocenters. The van der Waals surface area contributed by atoms with Crippen LogP contribution in [0, 0.1) is 11.7 Å². The van der Waals surface area contributed by atoms with E-state index in [4.69, 9.17) is 5.73 Å². The highest BCUT2D eigenvalue weighted by molar-refractivity contribution is 6.07. The molecule has 214 valence electrons. The first-order valence-corrected chi connectivity index (χ1v) is 14.7. The summed E-state index contributed by atoms with van der Waals surface area (Å²) in [5.74, 6) is -0.581. The maximum absolute atomic E-state index is 13.4. The zero-order chi connectivity index (χ0) is 28.1. The van der Waals surface area contributed by atoms with E-state index in [0.717, 1.165) is 57.1 Å². The Labute approximate surface area is 235 Å². The van der Waals surface area contributed by atoms with Crippen LogP contribution in [0.1, 0.15) is 78.5 Å². The standard InChI is InChI=1S/C31H40FN5O3/c32-24-9-6-21(7-10-24)29(38)35-27-20-23(30(39)34-26-13-11-25(33)12-14-26)8-15-28(27)36-16-18-37(19-17-36)31(40)22-4-2-1-3-5-22/h6-10,15,20,22,25-26H,1-5,11-14,16-19,33H2,(H,34,39)(H,35,38).